The Morgan fingerprint density at radius 2 is 1.77 bits per heavy atom. The van der Waals surface area contributed by atoms with Gasteiger partial charge in [0.2, 0.25) is 5.43 Å². The molecule has 1 fully saturated rings. The first-order chi connectivity index (χ1) is 16.7. The lowest BCUT2D eigenvalue weighted by molar-refractivity contribution is -0.163. The molecule has 0 radical (unpaired) electrons. The molecule has 1 aliphatic rings. The first-order valence-corrected chi connectivity index (χ1v) is 12.5. The standard InChI is InChI=1S/C28H39NO6/c1-18(2)24-12-7-19(3)17-26(24)35-28(31)21(5)34-27-20(4)29(14-13-25(27)30)15-16-33-23-10-8-22(32-6)9-11-23/h8-11,13-14,18-19,21,24,26H,7,12,15-17H2,1-6H3. The Kier molecular flexibility index (Phi) is 9.24. The van der Waals surface area contributed by atoms with E-state index in [1.807, 2.05) is 28.8 Å². The van der Waals surface area contributed by atoms with E-state index >= 15 is 0 Å². The fourth-order valence-corrected chi connectivity index (χ4v) is 4.69. The van der Waals surface area contributed by atoms with Crippen LogP contribution >= 0.6 is 0 Å². The summed E-state index contributed by atoms with van der Waals surface area (Å²) in [6.07, 6.45) is 3.81. The monoisotopic (exact) mass is 485 g/mol. The zero-order valence-electron chi connectivity index (χ0n) is 21.8. The highest BCUT2D eigenvalue weighted by molar-refractivity contribution is 5.75. The molecular weight excluding hydrogens is 446 g/mol. The summed E-state index contributed by atoms with van der Waals surface area (Å²) in [5, 5.41) is 0. The number of esters is 1. The number of carbonyl (C=O) groups excluding carboxylic acids is 1. The van der Waals surface area contributed by atoms with E-state index in [1.54, 1.807) is 27.2 Å². The van der Waals surface area contributed by atoms with Gasteiger partial charge in [-0.1, -0.05) is 27.2 Å². The number of methoxy groups -OCH3 is 1. The molecule has 1 aliphatic carbocycles. The van der Waals surface area contributed by atoms with E-state index in [9.17, 15) is 9.59 Å². The maximum Gasteiger partial charge on any atom is 0.347 e. The summed E-state index contributed by atoms with van der Waals surface area (Å²) >= 11 is 0. The Morgan fingerprint density at radius 1 is 1.09 bits per heavy atom. The van der Waals surface area contributed by atoms with E-state index in [4.69, 9.17) is 18.9 Å². The quantitative estimate of drug-likeness (QED) is 0.440. The Morgan fingerprint density at radius 3 is 2.43 bits per heavy atom. The first-order valence-electron chi connectivity index (χ1n) is 12.5. The predicted octanol–water partition coefficient (Wildman–Crippen LogP) is 5.02. The molecule has 4 atom stereocenters. The van der Waals surface area contributed by atoms with Crippen LogP contribution in [0.5, 0.6) is 17.2 Å². The van der Waals surface area contributed by atoms with Crippen LogP contribution in [0.1, 0.15) is 52.7 Å². The Bertz CT molecular complexity index is 1030. The zero-order valence-corrected chi connectivity index (χ0v) is 21.8. The maximum absolute atomic E-state index is 12.9. The Labute approximate surface area is 208 Å². The van der Waals surface area contributed by atoms with Gasteiger partial charge in [-0.2, -0.15) is 0 Å². The van der Waals surface area contributed by atoms with E-state index in [0.29, 0.717) is 36.6 Å². The third-order valence-electron chi connectivity index (χ3n) is 6.90. The molecule has 192 valence electrons. The highest BCUT2D eigenvalue weighted by Gasteiger charge is 2.34. The number of aromatic nitrogens is 1. The molecule has 0 saturated heterocycles. The fraction of sp³-hybridized carbons (Fsp3) is 0.571. The van der Waals surface area contributed by atoms with Crippen LogP contribution in [0.2, 0.25) is 0 Å². The molecule has 1 aromatic heterocycles. The van der Waals surface area contributed by atoms with Crippen molar-refractivity contribution in [3.8, 4) is 17.2 Å². The number of benzene rings is 1. The SMILES string of the molecule is COc1ccc(OCCn2ccc(=O)c(OC(C)C(=O)OC3CC(C)CCC3C(C)C)c2C)cc1. The summed E-state index contributed by atoms with van der Waals surface area (Å²) in [5.41, 5.74) is 0.377. The van der Waals surface area contributed by atoms with Crippen molar-refractivity contribution >= 4 is 5.97 Å². The average molecular weight is 486 g/mol. The van der Waals surface area contributed by atoms with Crippen molar-refractivity contribution in [1.82, 2.24) is 4.57 Å². The highest BCUT2D eigenvalue weighted by atomic mass is 16.6. The van der Waals surface area contributed by atoms with E-state index in [0.717, 1.165) is 30.8 Å². The van der Waals surface area contributed by atoms with Crippen molar-refractivity contribution < 1.29 is 23.7 Å². The van der Waals surface area contributed by atoms with Crippen LogP contribution in [-0.2, 0) is 16.1 Å². The van der Waals surface area contributed by atoms with Gasteiger partial charge >= 0.3 is 5.97 Å². The summed E-state index contributed by atoms with van der Waals surface area (Å²) < 4.78 is 24.6. The van der Waals surface area contributed by atoms with Crippen molar-refractivity contribution in [3.05, 3.63) is 52.4 Å². The second-order valence-electron chi connectivity index (χ2n) is 9.87. The number of nitrogens with zero attached hydrogens (tertiary/aromatic N) is 1. The van der Waals surface area contributed by atoms with Crippen molar-refractivity contribution in [2.45, 2.75) is 72.6 Å². The number of pyridine rings is 1. The fourth-order valence-electron chi connectivity index (χ4n) is 4.69. The number of rotatable bonds is 10. The minimum absolute atomic E-state index is 0.110. The largest absolute Gasteiger partial charge is 0.497 e. The van der Waals surface area contributed by atoms with Gasteiger partial charge in [-0.3, -0.25) is 4.79 Å². The molecule has 2 aromatic rings. The van der Waals surface area contributed by atoms with Crippen LogP contribution in [0.4, 0.5) is 0 Å². The van der Waals surface area contributed by atoms with Gasteiger partial charge in [0.15, 0.2) is 11.9 Å². The van der Waals surface area contributed by atoms with Gasteiger partial charge in [0.25, 0.3) is 0 Å². The van der Waals surface area contributed by atoms with Crippen LogP contribution in [0, 0.1) is 24.7 Å². The van der Waals surface area contributed by atoms with Crippen LogP contribution in [0.25, 0.3) is 0 Å². The molecule has 1 saturated carbocycles. The summed E-state index contributed by atoms with van der Waals surface area (Å²) in [4.78, 5) is 25.4. The van der Waals surface area contributed by atoms with Crippen LogP contribution < -0.4 is 19.6 Å². The summed E-state index contributed by atoms with van der Waals surface area (Å²) in [7, 11) is 1.62. The van der Waals surface area contributed by atoms with Gasteiger partial charge < -0.3 is 23.5 Å². The molecular formula is C28H39NO6. The first kappa shape index (κ1) is 26.6. The zero-order chi connectivity index (χ0) is 25.5. The summed E-state index contributed by atoms with van der Waals surface area (Å²) in [5.74, 6) is 2.56. The molecule has 0 aliphatic heterocycles. The van der Waals surface area contributed by atoms with E-state index in [1.165, 1.54) is 6.07 Å². The lowest BCUT2D eigenvalue weighted by atomic mass is 9.75. The van der Waals surface area contributed by atoms with Crippen molar-refractivity contribution in [3.63, 3.8) is 0 Å². The highest BCUT2D eigenvalue weighted by Crippen LogP contribution is 2.35. The second-order valence-corrected chi connectivity index (χ2v) is 9.87. The molecule has 0 amide bonds. The second kappa shape index (κ2) is 12.1. The Balaban J connectivity index is 1.61. The third-order valence-corrected chi connectivity index (χ3v) is 6.90. The molecule has 0 bridgehead atoms. The van der Waals surface area contributed by atoms with E-state index in [2.05, 4.69) is 20.8 Å². The van der Waals surface area contributed by atoms with Crippen molar-refractivity contribution in [2.24, 2.45) is 17.8 Å². The van der Waals surface area contributed by atoms with E-state index in [-0.39, 0.29) is 17.3 Å². The minimum atomic E-state index is -0.877. The number of carbonyl (C=O) groups is 1. The molecule has 1 heterocycles. The minimum Gasteiger partial charge on any atom is -0.497 e. The average Bonchev–Trinajstić information content (AvgIpc) is 2.83. The van der Waals surface area contributed by atoms with Gasteiger partial charge in [-0.15, -0.1) is 0 Å². The molecule has 1 aromatic carbocycles. The molecule has 0 N–H and O–H groups in total. The maximum atomic E-state index is 12.9. The third kappa shape index (κ3) is 7.03. The van der Waals surface area contributed by atoms with Gasteiger partial charge in [0, 0.05) is 12.3 Å². The molecule has 35 heavy (non-hydrogen) atoms. The molecule has 7 heteroatoms. The van der Waals surface area contributed by atoms with Crippen molar-refractivity contribution in [2.75, 3.05) is 13.7 Å². The Hall–Kier alpha value is -2.96. The molecule has 4 unspecified atom stereocenters. The van der Waals surface area contributed by atoms with Crippen molar-refractivity contribution in [1.29, 1.82) is 0 Å². The van der Waals surface area contributed by atoms with Crippen LogP contribution in [0.3, 0.4) is 0 Å². The number of hydrogen-bond acceptors (Lipinski definition) is 6. The lowest BCUT2D eigenvalue weighted by Gasteiger charge is -2.37. The lowest BCUT2D eigenvalue weighted by Crippen LogP contribution is -2.39. The van der Waals surface area contributed by atoms with Crippen LogP contribution in [0.15, 0.2) is 41.3 Å². The molecule has 3 rings (SSSR count). The topological polar surface area (TPSA) is 76.0 Å². The van der Waals surface area contributed by atoms with Gasteiger partial charge in [-0.25, -0.2) is 4.79 Å². The van der Waals surface area contributed by atoms with Gasteiger partial charge in [0.1, 0.15) is 24.2 Å². The summed E-state index contributed by atoms with van der Waals surface area (Å²) in [6, 6.07) is 8.81. The smallest absolute Gasteiger partial charge is 0.347 e. The molecule has 7 nitrogen and oxygen atoms in total. The van der Waals surface area contributed by atoms with E-state index < -0.39 is 12.1 Å². The molecule has 0 spiro atoms. The van der Waals surface area contributed by atoms with Gasteiger partial charge in [0.05, 0.1) is 19.3 Å². The van der Waals surface area contributed by atoms with Gasteiger partial charge in [-0.05, 0) is 68.7 Å². The summed E-state index contributed by atoms with van der Waals surface area (Å²) in [6.45, 7) is 10.9. The number of ether oxygens (including phenoxy) is 4. The normalized spacial score (nSPS) is 20.8. The number of hydrogen-bond donors (Lipinski definition) is 0. The predicted molar refractivity (Wildman–Crippen MR) is 135 cm³/mol. The van der Waals surface area contributed by atoms with Crippen LogP contribution in [-0.4, -0.2) is 36.5 Å².